The fourth-order valence-corrected chi connectivity index (χ4v) is 5.47. The predicted molar refractivity (Wildman–Crippen MR) is 145 cm³/mol. The van der Waals surface area contributed by atoms with E-state index in [1.165, 1.54) is 50.1 Å². The Morgan fingerprint density at radius 1 is 1.03 bits per heavy atom. The lowest BCUT2D eigenvalue weighted by atomic mass is 10.1. The van der Waals surface area contributed by atoms with E-state index in [9.17, 15) is 9.90 Å². The van der Waals surface area contributed by atoms with Crippen molar-refractivity contribution in [3.63, 3.8) is 0 Å². The van der Waals surface area contributed by atoms with E-state index in [-0.39, 0.29) is 4.88 Å². The first-order valence-electron chi connectivity index (χ1n) is 12.0. The summed E-state index contributed by atoms with van der Waals surface area (Å²) in [4.78, 5) is 24.5. The van der Waals surface area contributed by atoms with Crippen molar-refractivity contribution in [3.05, 3.63) is 45.7 Å². The number of carboxylic acid groups (broad SMARTS) is 1. The lowest BCUT2D eigenvalue weighted by molar-refractivity contribution is 0.0703. The molecule has 2 saturated heterocycles. The number of rotatable bonds is 3. The second-order valence-electron chi connectivity index (χ2n) is 8.66. The minimum atomic E-state index is -0.960. The highest BCUT2D eigenvalue weighted by Gasteiger charge is 2.20. The summed E-state index contributed by atoms with van der Waals surface area (Å²) in [5, 5.41) is 13.8. The number of hydrogen-bond acceptors (Lipinski definition) is 5. The second-order valence-corrected chi connectivity index (χ2v) is 10.6. The van der Waals surface area contributed by atoms with Gasteiger partial charge in [0, 0.05) is 28.5 Å². The molecule has 0 aliphatic carbocycles. The number of benzene rings is 1. The number of fused-ring (bicyclic) bond motifs is 1. The average molecular weight is 544 g/mol. The van der Waals surface area contributed by atoms with E-state index in [0.717, 1.165) is 52.9 Å². The fourth-order valence-electron chi connectivity index (χ4n) is 4.25. The normalized spacial score (nSPS) is 16.8. The van der Waals surface area contributed by atoms with Crippen LogP contribution in [0.3, 0.4) is 0 Å². The van der Waals surface area contributed by atoms with Crippen LogP contribution in [0.25, 0.3) is 21.5 Å². The monoisotopic (exact) mass is 542 g/mol. The number of aromatic carboxylic acids is 1. The van der Waals surface area contributed by atoms with Crippen LogP contribution in [0.5, 0.6) is 0 Å². The van der Waals surface area contributed by atoms with Crippen molar-refractivity contribution in [2.45, 2.75) is 45.4 Å². The van der Waals surface area contributed by atoms with E-state index >= 15 is 0 Å². The minimum absolute atomic E-state index is 0.242. The molecule has 3 aromatic rings. The number of nitrogens with zero attached hydrogens (tertiary/aromatic N) is 3. The van der Waals surface area contributed by atoms with Crippen molar-refractivity contribution in [2.24, 2.45) is 4.99 Å². The Hall–Kier alpha value is -2.29. The summed E-state index contributed by atoms with van der Waals surface area (Å²) in [7, 11) is 0. The highest BCUT2D eigenvalue weighted by Crippen LogP contribution is 2.38. The highest BCUT2D eigenvalue weighted by atomic mass is 79.9. The smallest absolute Gasteiger partial charge is 0.348 e. The van der Waals surface area contributed by atoms with Crippen LogP contribution < -0.4 is 5.32 Å². The van der Waals surface area contributed by atoms with Crippen LogP contribution in [-0.2, 0) is 0 Å². The van der Waals surface area contributed by atoms with Crippen LogP contribution in [0, 0.1) is 0 Å². The van der Waals surface area contributed by atoms with Gasteiger partial charge in [0.1, 0.15) is 15.5 Å². The Morgan fingerprint density at radius 3 is 2.29 bits per heavy atom. The molecule has 1 aromatic carbocycles. The minimum Gasteiger partial charge on any atom is -0.477 e. The van der Waals surface area contributed by atoms with Crippen LogP contribution in [0.15, 0.2) is 45.9 Å². The molecule has 180 valence electrons. The van der Waals surface area contributed by atoms with Crippen LogP contribution in [-0.4, -0.2) is 53.0 Å². The molecule has 0 saturated carbocycles. The van der Waals surface area contributed by atoms with Crippen molar-refractivity contribution in [1.29, 1.82) is 0 Å². The van der Waals surface area contributed by atoms with Gasteiger partial charge in [-0.1, -0.05) is 34.5 Å². The van der Waals surface area contributed by atoms with E-state index in [0.29, 0.717) is 10.5 Å². The van der Waals surface area contributed by atoms with Crippen molar-refractivity contribution < 1.29 is 9.90 Å². The van der Waals surface area contributed by atoms with Gasteiger partial charge in [-0.25, -0.2) is 14.8 Å². The fraction of sp³-hybridized carbons (Fsp3) is 0.423. The van der Waals surface area contributed by atoms with Gasteiger partial charge in [-0.3, -0.25) is 0 Å². The number of hydrogen-bond donors (Lipinski definition) is 2. The standard InChI is InChI=1S/C21H20BrN3O2S.C5H11N/c1-13(25-11-3-2-4-12-25)23-18-16-9-10-17(14-5-7-15(22)8-6-14)24-20(16)28-19(18)21(26)27;1-2-4-6-5-3-1/h5-10H,2-4,11-12H2,1H3,(H,26,27);6H,1-5H2. The quantitative estimate of drug-likeness (QED) is 0.283. The molecule has 6 nitrogen and oxygen atoms in total. The lowest BCUT2D eigenvalue weighted by Crippen LogP contribution is -2.33. The lowest BCUT2D eigenvalue weighted by Gasteiger charge is -2.28. The molecule has 0 unspecified atom stereocenters. The van der Waals surface area contributed by atoms with E-state index < -0.39 is 5.97 Å². The zero-order chi connectivity index (χ0) is 23.9. The van der Waals surface area contributed by atoms with Crippen LogP contribution in [0.1, 0.15) is 55.1 Å². The number of pyridine rings is 1. The average Bonchev–Trinajstić information content (AvgIpc) is 3.24. The molecule has 0 amide bonds. The van der Waals surface area contributed by atoms with Gasteiger partial charge < -0.3 is 15.3 Å². The summed E-state index contributed by atoms with van der Waals surface area (Å²) in [6, 6.07) is 11.8. The van der Waals surface area contributed by atoms with Crippen molar-refractivity contribution in [1.82, 2.24) is 15.2 Å². The van der Waals surface area contributed by atoms with Gasteiger partial charge in [0.25, 0.3) is 0 Å². The first kappa shape index (κ1) is 24.8. The summed E-state index contributed by atoms with van der Waals surface area (Å²) >= 11 is 4.63. The summed E-state index contributed by atoms with van der Waals surface area (Å²) < 4.78 is 1.01. The maximum absolute atomic E-state index is 11.8. The third-order valence-electron chi connectivity index (χ3n) is 6.16. The number of halogens is 1. The zero-order valence-corrected chi connectivity index (χ0v) is 21.9. The van der Waals surface area contributed by atoms with Crippen LogP contribution >= 0.6 is 27.3 Å². The molecular weight excluding hydrogens is 512 g/mol. The summed E-state index contributed by atoms with van der Waals surface area (Å²) in [6.07, 6.45) is 7.77. The number of aromatic nitrogens is 1. The Balaban J connectivity index is 0.000000398. The number of aliphatic imine (C=N–C) groups is 1. The Kier molecular flexibility index (Phi) is 8.69. The Bertz CT molecular complexity index is 1140. The van der Waals surface area contributed by atoms with E-state index in [1.54, 1.807) is 0 Å². The Labute approximate surface area is 213 Å². The third kappa shape index (κ3) is 6.23. The molecule has 2 aromatic heterocycles. The molecule has 0 bridgehead atoms. The molecule has 5 rings (SSSR count). The maximum Gasteiger partial charge on any atom is 0.348 e. The molecule has 2 N–H and O–H groups in total. The van der Waals surface area contributed by atoms with Gasteiger partial charge in [-0.2, -0.15) is 0 Å². The highest BCUT2D eigenvalue weighted by molar-refractivity contribution is 9.10. The molecule has 2 aliphatic rings. The number of likely N-dealkylation sites (tertiary alicyclic amines) is 1. The number of piperidine rings is 2. The number of amidine groups is 1. The van der Waals surface area contributed by atoms with Crippen LogP contribution in [0.4, 0.5) is 5.69 Å². The number of thiophene rings is 1. The maximum atomic E-state index is 11.8. The molecule has 4 heterocycles. The van der Waals surface area contributed by atoms with Crippen molar-refractivity contribution in [2.75, 3.05) is 26.2 Å². The molecule has 8 heteroatoms. The van der Waals surface area contributed by atoms with Gasteiger partial charge in [0.2, 0.25) is 0 Å². The van der Waals surface area contributed by atoms with Gasteiger partial charge in [-0.05, 0) is 76.4 Å². The van der Waals surface area contributed by atoms with Gasteiger partial charge >= 0.3 is 5.97 Å². The molecule has 0 radical (unpaired) electrons. The predicted octanol–water partition coefficient (Wildman–Crippen LogP) is 6.72. The molecular formula is C26H31BrN4O2S. The van der Waals surface area contributed by atoms with Crippen molar-refractivity contribution >= 4 is 55.0 Å². The first-order chi connectivity index (χ1) is 16.5. The number of nitrogens with one attached hydrogen (secondary N) is 1. The number of carbonyl (C=O) groups is 1. The van der Waals surface area contributed by atoms with Gasteiger partial charge in [-0.15, -0.1) is 11.3 Å². The van der Waals surface area contributed by atoms with Gasteiger partial charge in [0.15, 0.2) is 0 Å². The second kappa shape index (κ2) is 11.9. The van der Waals surface area contributed by atoms with E-state index in [1.807, 2.05) is 43.3 Å². The summed E-state index contributed by atoms with van der Waals surface area (Å²) in [6.45, 7) is 6.42. The molecule has 2 fully saturated rings. The van der Waals surface area contributed by atoms with E-state index in [2.05, 4.69) is 26.1 Å². The Morgan fingerprint density at radius 2 is 1.71 bits per heavy atom. The van der Waals surface area contributed by atoms with E-state index in [4.69, 9.17) is 9.98 Å². The largest absolute Gasteiger partial charge is 0.477 e. The molecule has 0 atom stereocenters. The number of carboxylic acids is 1. The van der Waals surface area contributed by atoms with Crippen molar-refractivity contribution in [3.8, 4) is 11.3 Å². The molecule has 2 aliphatic heterocycles. The third-order valence-corrected chi connectivity index (χ3v) is 7.76. The first-order valence-corrected chi connectivity index (χ1v) is 13.6. The molecule has 34 heavy (non-hydrogen) atoms. The topological polar surface area (TPSA) is 77.8 Å². The summed E-state index contributed by atoms with van der Waals surface area (Å²) in [5.74, 6) is -0.0859. The molecule has 0 spiro atoms. The zero-order valence-electron chi connectivity index (χ0n) is 19.5. The van der Waals surface area contributed by atoms with Crippen LogP contribution in [0.2, 0.25) is 0 Å². The SMILES string of the molecule is C1CCNCC1.CC(=Nc1c(C(=O)O)sc2nc(-c3ccc(Br)cc3)ccc12)N1CCCCC1. The summed E-state index contributed by atoms with van der Waals surface area (Å²) in [5.41, 5.74) is 2.33. The van der Waals surface area contributed by atoms with Gasteiger partial charge in [0.05, 0.1) is 11.4 Å².